The second-order valence-electron chi connectivity index (χ2n) is 17.7. The standard InChI is InChI=1S/C40H59BrFN3O7Si/c1-13-15-17-49-33-24(21-43-38(3,4)5)30(42)29(41)23-19-22-20-25-31(45(9)10)34-28(37(44-51-34)50-18-16-14-2)36(48)40(25,52-53(11,12)39(6,7)8)35(47)26(22)32(46)27(23)33/h22,25,31,43,47H,13-21H2,1-12H3/t22-,25-,31-,40-/m0/s1. The van der Waals surface area contributed by atoms with Crippen LogP contribution in [0.3, 0.4) is 0 Å². The van der Waals surface area contributed by atoms with Gasteiger partial charge < -0.3 is 28.8 Å². The van der Waals surface area contributed by atoms with Crippen molar-refractivity contribution in [2.45, 2.75) is 136 Å². The van der Waals surface area contributed by atoms with Crippen molar-refractivity contribution in [2.75, 3.05) is 27.3 Å². The first-order valence-electron chi connectivity index (χ1n) is 19.1. The molecule has 0 saturated heterocycles. The molecule has 2 N–H and O–H groups in total. The maximum Gasteiger partial charge on any atom is 0.265 e. The highest BCUT2D eigenvalue weighted by molar-refractivity contribution is 9.10. The number of Topliss-reactive ketones (excluding diaryl/α,β-unsaturated/α-hetero) is 2. The molecule has 3 aliphatic rings. The first-order valence-corrected chi connectivity index (χ1v) is 22.8. The molecule has 0 radical (unpaired) electrons. The van der Waals surface area contributed by atoms with Gasteiger partial charge in [-0.3, -0.25) is 14.5 Å². The average Bonchev–Trinajstić information content (AvgIpc) is 3.46. The number of halogens is 2. The molecule has 1 aromatic heterocycles. The summed E-state index contributed by atoms with van der Waals surface area (Å²) in [4.78, 5) is 32.5. The summed E-state index contributed by atoms with van der Waals surface area (Å²) < 4.78 is 42.2. The molecule has 0 saturated carbocycles. The zero-order chi connectivity index (χ0) is 39.4. The van der Waals surface area contributed by atoms with E-state index < -0.39 is 54.9 Å². The lowest BCUT2D eigenvalue weighted by Gasteiger charge is -2.55. The maximum absolute atomic E-state index is 16.4. The normalized spacial score (nSPS) is 23.2. The lowest BCUT2D eigenvalue weighted by Crippen LogP contribution is -2.65. The Morgan fingerprint density at radius 2 is 1.68 bits per heavy atom. The number of ketones is 2. The summed E-state index contributed by atoms with van der Waals surface area (Å²) in [6, 6.07) is -0.567. The lowest BCUT2D eigenvalue weighted by atomic mass is 9.58. The number of nitrogens with zero attached hydrogens (tertiary/aromatic N) is 2. The number of aliphatic hydroxyl groups excluding tert-OH is 1. The van der Waals surface area contributed by atoms with Crippen LogP contribution in [-0.4, -0.2) is 73.5 Å². The van der Waals surface area contributed by atoms with Crippen molar-refractivity contribution in [2.24, 2.45) is 11.8 Å². The Bertz CT molecular complexity index is 1780. The Kier molecular flexibility index (Phi) is 11.9. The van der Waals surface area contributed by atoms with Gasteiger partial charge in [0.05, 0.1) is 29.3 Å². The predicted octanol–water partition coefficient (Wildman–Crippen LogP) is 9.27. The number of benzene rings is 1. The summed E-state index contributed by atoms with van der Waals surface area (Å²) in [5.41, 5.74) is -1.10. The molecular formula is C40H59BrFN3O7Si. The number of carbonyl (C=O) groups is 2. The van der Waals surface area contributed by atoms with E-state index in [0.29, 0.717) is 24.4 Å². The average molecular weight is 821 g/mol. The van der Waals surface area contributed by atoms with Gasteiger partial charge in [0.15, 0.2) is 25.5 Å². The van der Waals surface area contributed by atoms with Gasteiger partial charge in [-0.2, -0.15) is 0 Å². The van der Waals surface area contributed by atoms with Crippen LogP contribution in [0.5, 0.6) is 11.6 Å². The highest BCUT2D eigenvalue weighted by atomic mass is 79.9. The smallest absolute Gasteiger partial charge is 0.265 e. The predicted molar refractivity (Wildman–Crippen MR) is 209 cm³/mol. The fraction of sp³-hybridized carbons (Fsp3) is 0.675. The minimum atomic E-state index is -2.87. The molecular weight excluding hydrogens is 761 g/mol. The maximum atomic E-state index is 16.4. The molecule has 0 unspecified atom stereocenters. The van der Waals surface area contributed by atoms with Crippen LogP contribution in [0.25, 0.3) is 0 Å². The Morgan fingerprint density at radius 3 is 2.25 bits per heavy atom. The van der Waals surface area contributed by atoms with E-state index in [0.717, 1.165) is 19.3 Å². The van der Waals surface area contributed by atoms with E-state index in [1.165, 1.54) is 0 Å². The number of ether oxygens (including phenoxy) is 2. The number of hydrogen-bond acceptors (Lipinski definition) is 10. The molecule has 0 fully saturated rings. The second kappa shape index (κ2) is 15.2. The number of hydrogen-bond donors (Lipinski definition) is 2. The number of unbranched alkanes of at least 4 members (excludes halogenated alkanes) is 2. The zero-order valence-corrected chi connectivity index (χ0v) is 36.2. The third kappa shape index (κ3) is 7.29. The van der Waals surface area contributed by atoms with Gasteiger partial charge in [0.25, 0.3) is 5.88 Å². The van der Waals surface area contributed by atoms with Crippen molar-refractivity contribution >= 4 is 35.8 Å². The molecule has 0 bridgehead atoms. The van der Waals surface area contributed by atoms with E-state index in [2.05, 4.69) is 47.2 Å². The summed E-state index contributed by atoms with van der Waals surface area (Å²) in [5.74, 6) is -2.53. The molecule has 0 spiro atoms. The van der Waals surface area contributed by atoms with Gasteiger partial charge in [0.1, 0.15) is 22.9 Å². The third-order valence-corrected chi connectivity index (χ3v) is 16.8. The van der Waals surface area contributed by atoms with Gasteiger partial charge in [-0.25, -0.2) is 4.39 Å². The molecule has 4 atom stereocenters. The quantitative estimate of drug-likeness (QED) is 0.149. The van der Waals surface area contributed by atoms with Crippen LogP contribution in [0.1, 0.15) is 131 Å². The zero-order valence-electron chi connectivity index (χ0n) is 33.6. The summed E-state index contributed by atoms with van der Waals surface area (Å²) in [5, 5.41) is 20.1. The monoisotopic (exact) mass is 819 g/mol. The van der Waals surface area contributed by atoms with Crippen LogP contribution in [0.2, 0.25) is 18.1 Å². The van der Waals surface area contributed by atoms with Crippen LogP contribution in [0, 0.1) is 17.7 Å². The Labute approximate surface area is 323 Å². The molecule has 0 aliphatic heterocycles. The first-order chi connectivity index (χ1) is 24.6. The number of rotatable bonds is 13. The summed E-state index contributed by atoms with van der Waals surface area (Å²) in [6.45, 7) is 21.1. The van der Waals surface area contributed by atoms with Crippen LogP contribution >= 0.6 is 15.9 Å². The summed E-state index contributed by atoms with van der Waals surface area (Å²) in [6.07, 6.45) is 3.71. The number of aliphatic hydroxyl groups is 1. The first kappa shape index (κ1) is 41.6. The molecule has 0 amide bonds. The third-order valence-electron chi connectivity index (χ3n) is 11.5. The minimum absolute atomic E-state index is 0.0594. The number of carbonyl (C=O) groups excluding carboxylic acids is 2. The van der Waals surface area contributed by atoms with E-state index in [-0.39, 0.29) is 74.9 Å². The molecule has 2 aromatic rings. The minimum Gasteiger partial charge on any atom is -0.508 e. The van der Waals surface area contributed by atoms with Crippen molar-refractivity contribution < 1.29 is 37.5 Å². The molecule has 1 heterocycles. The molecule has 13 heteroatoms. The molecule has 10 nitrogen and oxygen atoms in total. The number of aromatic nitrogens is 1. The second-order valence-corrected chi connectivity index (χ2v) is 23.2. The van der Waals surface area contributed by atoms with Gasteiger partial charge in [-0.1, -0.05) is 47.5 Å². The SMILES string of the molecule is CCCCOc1noc2c1C(=O)[C@@]1(O[Si](C)(C)C(C)(C)C)C(O)=C3C(=O)c4c(c(Br)c(F)c(CNC(C)(C)C)c4OCCCC)C[C@H]3C[C@H]1[C@@H]2N(C)C. The van der Waals surface area contributed by atoms with Crippen molar-refractivity contribution in [1.29, 1.82) is 0 Å². The van der Waals surface area contributed by atoms with Crippen LogP contribution in [0.4, 0.5) is 4.39 Å². The van der Waals surface area contributed by atoms with Gasteiger partial charge in [-0.15, -0.1) is 0 Å². The topological polar surface area (TPSA) is 123 Å². The Hall–Kier alpha value is -2.58. The van der Waals surface area contributed by atoms with E-state index >= 15 is 14.0 Å². The molecule has 1 aromatic carbocycles. The molecule has 5 rings (SSSR count). The van der Waals surface area contributed by atoms with E-state index in [4.69, 9.17) is 18.4 Å². The van der Waals surface area contributed by atoms with E-state index in [1.807, 2.05) is 66.7 Å². The molecule has 53 heavy (non-hydrogen) atoms. The Morgan fingerprint density at radius 1 is 1.06 bits per heavy atom. The van der Waals surface area contributed by atoms with Gasteiger partial charge in [0.2, 0.25) is 5.78 Å². The van der Waals surface area contributed by atoms with Crippen molar-refractivity contribution in [3.63, 3.8) is 0 Å². The lowest BCUT2D eigenvalue weighted by molar-refractivity contribution is -0.0480. The summed E-state index contributed by atoms with van der Waals surface area (Å²) >= 11 is 3.54. The number of allylic oxidation sites excluding steroid dienone is 1. The number of nitrogens with one attached hydrogen (secondary N) is 1. The van der Waals surface area contributed by atoms with Gasteiger partial charge in [-0.05, 0) is 111 Å². The summed E-state index contributed by atoms with van der Waals surface area (Å²) in [7, 11) is 0.903. The van der Waals surface area contributed by atoms with Gasteiger partial charge >= 0.3 is 0 Å². The fourth-order valence-electron chi connectivity index (χ4n) is 7.63. The van der Waals surface area contributed by atoms with Crippen LogP contribution in [0.15, 0.2) is 20.3 Å². The largest absolute Gasteiger partial charge is 0.508 e. The highest BCUT2D eigenvalue weighted by Gasteiger charge is 2.67. The van der Waals surface area contributed by atoms with Crippen molar-refractivity contribution in [3.05, 3.63) is 49.6 Å². The van der Waals surface area contributed by atoms with Crippen LogP contribution < -0.4 is 14.8 Å². The highest BCUT2D eigenvalue weighted by Crippen LogP contribution is 2.60. The van der Waals surface area contributed by atoms with Crippen molar-refractivity contribution in [3.8, 4) is 11.6 Å². The fourth-order valence-corrected chi connectivity index (χ4v) is 9.68. The molecule has 294 valence electrons. The Balaban J connectivity index is 1.80. The van der Waals surface area contributed by atoms with E-state index in [1.54, 1.807) is 0 Å². The molecule has 3 aliphatic carbocycles. The van der Waals surface area contributed by atoms with Crippen LogP contribution in [-0.2, 0) is 17.4 Å². The van der Waals surface area contributed by atoms with E-state index in [9.17, 15) is 5.11 Å². The number of fused-ring (bicyclic) bond motifs is 4. The van der Waals surface area contributed by atoms with Crippen molar-refractivity contribution in [1.82, 2.24) is 15.4 Å². The van der Waals surface area contributed by atoms with Gasteiger partial charge in [0, 0.05) is 29.1 Å².